The van der Waals surface area contributed by atoms with Gasteiger partial charge in [-0.25, -0.2) is 0 Å². The Morgan fingerprint density at radius 3 is 2.50 bits per heavy atom. The van der Waals surface area contributed by atoms with E-state index in [4.69, 9.17) is 11.6 Å². The fourth-order valence-electron chi connectivity index (χ4n) is 4.15. The fourth-order valence-corrected chi connectivity index (χ4v) is 4.37. The lowest BCUT2D eigenvalue weighted by molar-refractivity contribution is -0.126. The number of halogens is 1. The number of hydrogen-bond donors (Lipinski definition) is 2. The first-order valence-corrected chi connectivity index (χ1v) is 10.8. The molecule has 0 spiro atoms. The van der Waals surface area contributed by atoms with Gasteiger partial charge in [0.05, 0.1) is 10.6 Å². The van der Waals surface area contributed by atoms with E-state index >= 15 is 0 Å². The maximum Gasteiger partial charge on any atom is 0.256 e. The molecule has 1 atom stereocenters. The average Bonchev–Trinajstić information content (AvgIpc) is 2.77. The molecule has 2 N–H and O–H groups in total. The third kappa shape index (κ3) is 4.32. The zero-order chi connectivity index (χ0) is 22.8. The van der Waals surface area contributed by atoms with E-state index in [1.165, 1.54) is 0 Å². The van der Waals surface area contributed by atoms with Crippen LogP contribution in [-0.4, -0.2) is 27.7 Å². The van der Waals surface area contributed by atoms with E-state index in [-0.39, 0.29) is 23.9 Å². The largest absolute Gasteiger partial charge is 0.350 e. The molecule has 6 nitrogen and oxygen atoms in total. The first-order chi connectivity index (χ1) is 15.3. The Labute approximate surface area is 191 Å². The van der Waals surface area contributed by atoms with Gasteiger partial charge in [-0.1, -0.05) is 48.0 Å². The van der Waals surface area contributed by atoms with Gasteiger partial charge in [-0.3, -0.25) is 14.4 Å². The number of H-pyrrole nitrogens is 1. The molecule has 1 aliphatic rings. The van der Waals surface area contributed by atoms with Crippen molar-refractivity contribution in [2.24, 2.45) is 0 Å². The lowest BCUT2D eigenvalue weighted by Gasteiger charge is -2.36. The van der Waals surface area contributed by atoms with Crippen LogP contribution in [-0.2, 0) is 24.3 Å². The minimum Gasteiger partial charge on any atom is -0.350 e. The van der Waals surface area contributed by atoms with Gasteiger partial charge >= 0.3 is 0 Å². The highest BCUT2D eigenvalue weighted by Crippen LogP contribution is 2.27. The summed E-state index contributed by atoms with van der Waals surface area (Å²) in [4.78, 5) is 43.3. The number of nitrogens with zero attached hydrogens (tertiary/aromatic N) is 1. The van der Waals surface area contributed by atoms with Crippen molar-refractivity contribution in [1.82, 2.24) is 15.2 Å². The summed E-state index contributed by atoms with van der Waals surface area (Å²) in [5, 5.41) is 3.21. The third-order valence-electron chi connectivity index (χ3n) is 5.85. The second-order valence-corrected chi connectivity index (χ2v) is 8.47. The first-order valence-electron chi connectivity index (χ1n) is 10.4. The van der Waals surface area contributed by atoms with Gasteiger partial charge in [0.25, 0.3) is 11.5 Å². The Bertz CT molecular complexity index is 1250. The highest BCUT2D eigenvalue weighted by atomic mass is 35.5. The van der Waals surface area contributed by atoms with Crippen LogP contribution in [0.3, 0.4) is 0 Å². The fraction of sp³-hybridized carbons (Fsp3) is 0.240. The van der Waals surface area contributed by atoms with E-state index in [9.17, 15) is 14.4 Å². The highest BCUT2D eigenvalue weighted by Gasteiger charge is 2.35. The topological polar surface area (TPSA) is 82.3 Å². The van der Waals surface area contributed by atoms with Gasteiger partial charge in [0.15, 0.2) is 0 Å². The molecule has 0 radical (unpaired) electrons. The van der Waals surface area contributed by atoms with Crippen molar-refractivity contribution in [3.8, 4) is 0 Å². The van der Waals surface area contributed by atoms with Gasteiger partial charge < -0.3 is 15.2 Å². The molecule has 7 heteroatoms. The van der Waals surface area contributed by atoms with Crippen molar-refractivity contribution in [2.45, 2.75) is 39.4 Å². The second kappa shape index (κ2) is 9.01. The number of hydrogen-bond acceptors (Lipinski definition) is 3. The Hall–Kier alpha value is -3.38. The van der Waals surface area contributed by atoms with Crippen LogP contribution < -0.4 is 10.9 Å². The van der Waals surface area contributed by atoms with Gasteiger partial charge in [-0.05, 0) is 48.7 Å². The lowest BCUT2D eigenvalue weighted by Crippen LogP contribution is -2.52. The van der Waals surface area contributed by atoms with Crippen molar-refractivity contribution in [2.75, 3.05) is 0 Å². The van der Waals surface area contributed by atoms with Crippen LogP contribution in [0.15, 0.2) is 59.4 Å². The number of aromatic amines is 1. The molecule has 0 saturated carbocycles. The second-order valence-electron chi connectivity index (χ2n) is 8.06. The number of fused-ring (bicyclic) bond motifs is 1. The van der Waals surface area contributed by atoms with E-state index in [0.717, 1.165) is 22.4 Å². The monoisotopic (exact) mass is 449 g/mol. The Balaban J connectivity index is 1.62. The number of carbonyl (C=O) groups excluding carboxylic acids is 2. The molecule has 0 aliphatic carbocycles. The summed E-state index contributed by atoms with van der Waals surface area (Å²) in [5.74, 6) is -0.603. The summed E-state index contributed by atoms with van der Waals surface area (Å²) in [5.41, 5.74) is 4.25. The molecule has 2 amide bonds. The predicted molar refractivity (Wildman–Crippen MR) is 124 cm³/mol. The molecule has 1 aliphatic heterocycles. The van der Waals surface area contributed by atoms with Gasteiger partial charge in [0.1, 0.15) is 6.04 Å². The van der Waals surface area contributed by atoms with E-state index in [1.807, 2.05) is 44.2 Å². The van der Waals surface area contributed by atoms with Gasteiger partial charge in [-0.2, -0.15) is 0 Å². The molecule has 0 bridgehead atoms. The number of rotatable bonds is 4. The summed E-state index contributed by atoms with van der Waals surface area (Å²) in [6, 6.07) is 15.8. The summed E-state index contributed by atoms with van der Waals surface area (Å²) in [6.07, 6.45) is 0.390. The molecule has 32 heavy (non-hydrogen) atoms. The van der Waals surface area contributed by atoms with Crippen LogP contribution in [0.5, 0.6) is 0 Å². The van der Waals surface area contributed by atoms with Crippen molar-refractivity contribution < 1.29 is 9.59 Å². The zero-order valence-corrected chi connectivity index (χ0v) is 18.7. The highest BCUT2D eigenvalue weighted by molar-refractivity contribution is 6.33. The molecule has 3 aromatic rings. The van der Waals surface area contributed by atoms with Crippen molar-refractivity contribution in [3.05, 3.63) is 103 Å². The predicted octanol–water partition coefficient (Wildman–Crippen LogP) is 3.53. The quantitative estimate of drug-likeness (QED) is 0.639. The Morgan fingerprint density at radius 1 is 1.09 bits per heavy atom. The van der Waals surface area contributed by atoms with Crippen LogP contribution in [0.2, 0.25) is 5.02 Å². The zero-order valence-electron chi connectivity index (χ0n) is 17.9. The van der Waals surface area contributed by atoms with Crippen molar-refractivity contribution >= 4 is 23.4 Å². The molecule has 0 saturated heterocycles. The smallest absolute Gasteiger partial charge is 0.256 e. The number of aromatic nitrogens is 1. The molecule has 2 heterocycles. The van der Waals surface area contributed by atoms with Crippen LogP contribution in [0.1, 0.15) is 38.3 Å². The Morgan fingerprint density at radius 2 is 1.78 bits per heavy atom. The number of pyridine rings is 1. The summed E-state index contributed by atoms with van der Waals surface area (Å²) in [6.45, 7) is 4.05. The van der Waals surface area contributed by atoms with E-state index in [1.54, 1.807) is 29.2 Å². The minimum absolute atomic E-state index is 0.0898. The number of carbonyl (C=O) groups is 2. The van der Waals surface area contributed by atoms with Crippen LogP contribution in [0.4, 0.5) is 0 Å². The molecule has 164 valence electrons. The number of amides is 2. The number of nitrogens with one attached hydrogen (secondary N) is 2. The third-order valence-corrected chi connectivity index (χ3v) is 6.18. The molecule has 1 aromatic heterocycles. The summed E-state index contributed by atoms with van der Waals surface area (Å²) in [7, 11) is 0. The standard InChI is InChI=1S/C25H24ClN3O3/c1-15-11-16(2)28-23(30)20(15)13-27-24(31)22-12-17-7-3-4-8-18(17)14-29(22)25(32)19-9-5-6-10-21(19)26/h3-11,22H,12-14H2,1-2H3,(H,27,31)(H,28,30). The molecular formula is C25H24ClN3O3. The molecule has 1 unspecified atom stereocenters. The maximum atomic E-state index is 13.4. The SMILES string of the molecule is Cc1cc(C)c(CNC(=O)C2Cc3ccccc3CN2C(=O)c2ccccc2Cl)c(=O)[nH]1. The average molecular weight is 450 g/mol. The molecule has 2 aromatic carbocycles. The lowest BCUT2D eigenvalue weighted by atomic mass is 9.92. The van der Waals surface area contributed by atoms with Crippen molar-refractivity contribution in [3.63, 3.8) is 0 Å². The van der Waals surface area contributed by atoms with Gasteiger partial charge in [0, 0.05) is 30.8 Å². The van der Waals surface area contributed by atoms with E-state index in [2.05, 4.69) is 10.3 Å². The van der Waals surface area contributed by atoms with Crippen molar-refractivity contribution in [1.29, 1.82) is 0 Å². The minimum atomic E-state index is -0.710. The van der Waals surface area contributed by atoms with Crippen LogP contribution in [0, 0.1) is 13.8 Å². The molecule has 4 rings (SSSR count). The first kappa shape index (κ1) is 21.8. The van der Waals surface area contributed by atoms with Crippen LogP contribution in [0.25, 0.3) is 0 Å². The normalized spacial score (nSPS) is 15.2. The maximum absolute atomic E-state index is 13.4. The molecular weight excluding hydrogens is 426 g/mol. The van der Waals surface area contributed by atoms with Gasteiger partial charge in [0.2, 0.25) is 5.91 Å². The number of aryl methyl sites for hydroxylation is 2. The van der Waals surface area contributed by atoms with Gasteiger partial charge in [-0.15, -0.1) is 0 Å². The van der Waals surface area contributed by atoms with E-state index < -0.39 is 6.04 Å². The van der Waals surface area contributed by atoms with Crippen LogP contribution >= 0.6 is 11.6 Å². The summed E-state index contributed by atoms with van der Waals surface area (Å²) < 4.78 is 0. The number of benzene rings is 2. The molecule has 0 fully saturated rings. The van der Waals surface area contributed by atoms with E-state index in [0.29, 0.717) is 29.1 Å². The Kier molecular flexibility index (Phi) is 6.15. The summed E-state index contributed by atoms with van der Waals surface area (Å²) >= 11 is 6.27.